The second-order valence-corrected chi connectivity index (χ2v) is 9.33. The molecule has 2 heterocycles. The molecule has 1 unspecified atom stereocenters. The average molecular weight is 468 g/mol. The largest absolute Gasteiger partial charge is 0.341 e. The van der Waals surface area contributed by atoms with Gasteiger partial charge in [-0.3, -0.25) is 25.6 Å². The molecule has 0 bridgehead atoms. The van der Waals surface area contributed by atoms with Crippen LogP contribution in [-0.4, -0.2) is 63.5 Å². The zero-order chi connectivity index (χ0) is 23.3. The van der Waals surface area contributed by atoms with Crippen LogP contribution in [0.1, 0.15) is 26.2 Å². The molecule has 1 fully saturated rings. The standard InChI is InChI=1S/C18H25N7O6S/c1-13-4-9-23(10-5-13)18(26)15(6-11-24-19-7-8-20-24)22-32(30,31)17-3-2-14(25(28)29)12-16(17)21-27/h2-3,7-8,12-13,15,21-22,27H,4-6,9-11H2,1H3. The van der Waals surface area contributed by atoms with E-state index in [1.807, 2.05) is 0 Å². The SMILES string of the molecule is CC1CCN(C(=O)C(CCn2nccn2)NS(=O)(=O)c2ccc([N+](=O)[O-])cc2NO)CC1. The van der Waals surface area contributed by atoms with E-state index in [-0.39, 0.29) is 24.6 Å². The van der Waals surface area contributed by atoms with Gasteiger partial charge in [-0.1, -0.05) is 6.92 Å². The van der Waals surface area contributed by atoms with Gasteiger partial charge in [-0.25, -0.2) is 8.42 Å². The molecule has 14 heteroatoms. The number of piperidine rings is 1. The topological polar surface area (TPSA) is 173 Å². The first kappa shape index (κ1) is 23.6. The second kappa shape index (κ2) is 10.0. The molecule has 2 aromatic rings. The number of sulfonamides is 1. The summed E-state index contributed by atoms with van der Waals surface area (Å²) >= 11 is 0. The fourth-order valence-corrected chi connectivity index (χ4v) is 4.85. The van der Waals surface area contributed by atoms with E-state index in [1.165, 1.54) is 17.2 Å². The molecule has 0 spiro atoms. The Bertz CT molecular complexity index is 1050. The number of hydrogen-bond donors (Lipinski definition) is 3. The maximum absolute atomic E-state index is 13.2. The Kier molecular flexibility index (Phi) is 7.37. The summed E-state index contributed by atoms with van der Waals surface area (Å²) in [4.78, 5) is 26.0. The van der Waals surface area contributed by atoms with Gasteiger partial charge in [0.2, 0.25) is 15.9 Å². The Hall–Kier alpha value is -3.10. The molecule has 32 heavy (non-hydrogen) atoms. The van der Waals surface area contributed by atoms with Crippen molar-refractivity contribution >= 4 is 27.3 Å². The summed E-state index contributed by atoms with van der Waals surface area (Å²) < 4.78 is 28.5. The summed E-state index contributed by atoms with van der Waals surface area (Å²) in [6.07, 6.45) is 4.69. The van der Waals surface area contributed by atoms with Crippen LogP contribution in [0.15, 0.2) is 35.5 Å². The molecule has 13 nitrogen and oxygen atoms in total. The molecule has 0 radical (unpaired) electrons. The number of nitro benzene ring substituents is 1. The van der Waals surface area contributed by atoms with Crippen molar-refractivity contribution in [2.75, 3.05) is 18.6 Å². The number of nitro groups is 1. The van der Waals surface area contributed by atoms with Gasteiger partial charge in [0.05, 0.1) is 29.5 Å². The molecule has 3 N–H and O–H groups in total. The van der Waals surface area contributed by atoms with Crippen LogP contribution in [0.4, 0.5) is 11.4 Å². The molecular formula is C18H25N7O6S. The van der Waals surface area contributed by atoms with E-state index in [9.17, 15) is 28.5 Å². The molecule has 1 aliphatic heterocycles. The average Bonchev–Trinajstić information content (AvgIpc) is 3.29. The third kappa shape index (κ3) is 5.57. The third-order valence-corrected chi connectivity index (χ3v) is 6.89. The molecule has 1 aromatic heterocycles. The van der Waals surface area contributed by atoms with Crippen molar-refractivity contribution in [3.05, 3.63) is 40.7 Å². The van der Waals surface area contributed by atoms with Gasteiger partial charge in [0.15, 0.2) is 0 Å². The highest BCUT2D eigenvalue weighted by atomic mass is 32.2. The van der Waals surface area contributed by atoms with E-state index in [0.29, 0.717) is 19.0 Å². The molecule has 1 atom stereocenters. The number of aromatic nitrogens is 3. The van der Waals surface area contributed by atoms with Crippen molar-refractivity contribution < 1.29 is 23.3 Å². The molecular weight excluding hydrogens is 442 g/mol. The van der Waals surface area contributed by atoms with Crippen LogP contribution in [0.5, 0.6) is 0 Å². The number of likely N-dealkylation sites (tertiary alicyclic amines) is 1. The van der Waals surface area contributed by atoms with Crippen molar-refractivity contribution in [1.29, 1.82) is 0 Å². The van der Waals surface area contributed by atoms with Crippen molar-refractivity contribution in [2.45, 2.75) is 43.7 Å². The monoisotopic (exact) mass is 467 g/mol. The van der Waals surface area contributed by atoms with Gasteiger partial charge >= 0.3 is 0 Å². The highest BCUT2D eigenvalue weighted by Gasteiger charge is 2.32. The van der Waals surface area contributed by atoms with Crippen LogP contribution in [0.2, 0.25) is 0 Å². The number of benzene rings is 1. The van der Waals surface area contributed by atoms with Crippen LogP contribution in [0.25, 0.3) is 0 Å². The van der Waals surface area contributed by atoms with Crippen molar-refractivity contribution in [3.63, 3.8) is 0 Å². The molecule has 1 aliphatic rings. The van der Waals surface area contributed by atoms with Crippen LogP contribution in [0, 0.1) is 16.0 Å². The van der Waals surface area contributed by atoms with E-state index in [1.54, 1.807) is 10.4 Å². The number of nitrogens with one attached hydrogen (secondary N) is 2. The number of rotatable bonds is 9. The normalized spacial score (nSPS) is 16.0. The Balaban J connectivity index is 1.85. The van der Waals surface area contributed by atoms with Gasteiger partial charge in [-0.2, -0.15) is 19.7 Å². The van der Waals surface area contributed by atoms with Gasteiger partial charge in [0, 0.05) is 25.2 Å². The zero-order valence-electron chi connectivity index (χ0n) is 17.4. The van der Waals surface area contributed by atoms with Gasteiger partial charge in [-0.15, -0.1) is 0 Å². The minimum absolute atomic E-state index is 0.0909. The van der Waals surface area contributed by atoms with Crippen LogP contribution in [0.3, 0.4) is 0 Å². The van der Waals surface area contributed by atoms with Gasteiger partial charge in [0.25, 0.3) is 5.69 Å². The highest BCUT2D eigenvalue weighted by Crippen LogP contribution is 2.27. The maximum atomic E-state index is 13.2. The van der Waals surface area contributed by atoms with E-state index in [4.69, 9.17) is 0 Å². The number of carbonyl (C=O) groups excluding carboxylic acids is 1. The number of aryl methyl sites for hydroxylation is 1. The van der Waals surface area contributed by atoms with E-state index >= 15 is 0 Å². The maximum Gasteiger partial charge on any atom is 0.271 e. The first-order valence-electron chi connectivity index (χ1n) is 10.0. The summed E-state index contributed by atoms with van der Waals surface area (Å²) in [5.74, 6) is 0.119. The minimum Gasteiger partial charge on any atom is -0.341 e. The van der Waals surface area contributed by atoms with Crippen LogP contribution in [-0.2, 0) is 21.4 Å². The molecule has 0 aliphatic carbocycles. The first-order chi connectivity index (χ1) is 15.2. The first-order valence-corrected chi connectivity index (χ1v) is 11.5. The summed E-state index contributed by atoms with van der Waals surface area (Å²) in [5.41, 5.74) is 0.900. The molecule has 1 saturated heterocycles. The Morgan fingerprint density at radius 2 is 1.97 bits per heavy atom. The third-order valence-electron chi connectivity index (χ3n) is 5.36. The minimum atomic E-state index is -4.32. The van der Waals surface area contributed by atoms with E-state index < -0.39 is 31.6 Å². The quantitative estimate of drug-likeness (QED) is 0.359. The van der Waals surface area contributed by atoms with Crippen LogP contribution >= 0.6 is 0 Å². The number of non-ortho nitro benzene ring substituents is 1. The molecule has 174 valence electrons. The summed E-state index contributed by atoms with van der Waals surface area (Å²) in [6, 6.07) is 1.79. The number of amides is 1. The lowest BCUT2D eigenvalue weighted by atomic mass is 9.98. The molecule has 1 aromatic carbocycles. The number of carbonyl (C=O) groups is 1. The fourth-order valence-electron chi connectivity index (χ4n) is 3.49. The smallest absolute Gasteiger partial charge is 0.271 e. The van der Waals surface area contributed by atoms with Crippen LogP contribution < -0.4 is 10.2 Å². The molecule has 0 saturated carbocycles. The molecule has 3 rings (SSSR count). The van der Waals surface area contributed by atoms with Gasteiger partial charge < -0.3 is 4.90 Å². The van der Waals surface area contributed by atoms with Gasteiger partial charge in [0.1, 0.15) is 10.9 Å². The lowest BCUT2D eigenvalue weighted by molar-refractivity contribution is -0.384. The number of nitrogens with zero attached hydrogens (tertiary/aromatic N) is 5. The lowest BCUT2D eigenvalue weighted by Crippen LogP contribution is -2.51. The predicted molar refractivity (Wildman–Crippen MR) is 112 cm³/mol. The second-order valence-electron chi connectivity index (χ2n) is 7.64. The fraction of sp³-hybridized carbons (Fsp3) is 0.500. The van der Waals surface area contributed by atoms with Crippen molar-refractivity contribution in [2.24, 2.45) is 5.92 Å². The van der Waals surface area contributed by atoms with Gasteiger partial charge in [-0.05, 0) is 31.2 Å². The van der Waals surface area contributed by atoms with Crippen molar-refractivity contribution in [3.8, 4) is 0 Å². The summed E-state index contributed by atoms with van der Waals surface area (Å²) in [7, 11) is -4.32. The summed E-state index contributed by atoms with van der Waals surface area (Å²) in [6.45, 7) is 3.35. The Morgan fingerprint density at radius 1 is 1.31 bits per heavy atom. The Morgan fingerprint density at radius 3 is 2.56 bits per heavy atom. The predicted octanol–water partition coefficient (Wildman–Crippen LogP) is 0.983. The Labute approximate surface area is 184 Å². The van der Waals surface area contributed by atoms with E-state index in [2.05, 4.69) is 21.8 Å². The van der Waals surface area contributed by atoms with Crippen molar-refractivity contribution in [1.82, 2.24) is 24.6 Å². The zero-order valence-corrected chi connectivity index (χ0v) is 18.2. The summed E-state index contributed by atoms with van der Waals surface area (Å²) in [5, 5.41) is 28.2. The highest BCUT2D eigenvalue weighted by molar-refractivity contribution is 7.89. The lowest BCUT2D eigenvalue weighted by Gasteiger charge is -2.33. The van der Waals surface area contributed by atoms with E-state index in [0.717, 1.165) is 31.0 Å². The number of hydrogen-bond acceptors (Lipinski definition) is 9. The number of anilines is 1. The molecule has 1 amide bonds.